The summed E-state index contributed by atoms with van der Waals surface area (Å²) in [7, 11) is 0. The van der Waals surface area contributed by atoms with E-state index in [2.05, 4.69) is 25.1 Å². The maximum absolute atomic E-state index is 6.41. The van der Waals surface area contributed by atoms with Gasteiger partial charge in [0, 0.05) is 28.4 Å². The third-order valence-electron chi connectivity index (χ3n) is 4.47. The van der Waals surface area contributed by atoms with Gasteiger partial charge in [-0.25, -0.2) is 9.97 Å². The Labute approximate surface area is 179 Å². The van der Waals surface area contributed by atoms with Gasteiger partial charge in [0.2, 0.25) is 5.16 Å². The van der Waals surface area contributed by atoms with Crippen molar-refractivity contribution in [3.8, 4) is 17.1 Å². The minimum absolute atomic E-state index is 0.690. The number of pyridine rings is 1. The minimum Gasteiger partial charge on any atom is -0.269 e. The number of halogens is 1. The highest BCUT2D eigenvalue weighted by atomic mass is 35.5. The normalized spacial score (nSPS) is 11.2. The van der Waals surface area contributed by atoms with Crippen LogP contribution in [-0.4, -0.2) is 29.7 Å². The van der Waals surface area contributed by atoms with Crippen LogP contribution in [-0.2, 0) is 0 Å². The summed E-state index contributed by atoms with van der Waals surface area (Å²) in [5, 5.41) is 14.2. The number of rotatable bonds is 4. The molecule has 0 aliphatic rings. The quantitative estimate of drug-likeness (QED) is 0.349. The van der Waals surface area contributed by atoms with Crippen molar-refractivity contribution in [2.24, 2.45) is 0 Å². The monoisotopic (exact) mass is 436 g/mol. The Kier molecular flexibility index (Phi) is 4.75. The lowest BCUT2D eigenvalue weighted by Gasteiger charge is -2.13. The Morgan fingerprint density at radius 3 is 2.76 bits per heavy atom. The topological polar surface area (TPSA) is 69.4 Å². The highest BCUT2D eigenvalue weighted by Crippen LogP contribution is 2.36. The molecule has 142 valence electrons. The molecule has 0 fully saturated rings. The summed E-state index contributed by atoms with van der Waals surface area (Å²) in [4.78, 5) is 13.9. The molecule has 0 N–H and O–H groups in total. The molecule has 9 heteroatoms. The predicted octanol–water partition coefficient (Wildman–Crippen LogP) is 5.45. The summed E-state index contributed by atoms with van der Waals surface area (Å²) in [6.45, 7) is 1.99. The Hall–Kier alpha value is -2.81. The van der Waals surface area contributed by atoms with Gasteiger partial charge in [0.15, 0.2) is 5.82 Å². The summed E-state index contributed by atoms with van der Waals surface area (Å²) in [6.07, 6.45) is 5.06. The van der Waals surface area contributed by atoms with E-state index in [4.69, 9.17) is 11.6 Å². The first-order valence-electron chi connectivity index (χ1n) is 8.70. The number of hydrogen-bond acceptors (Lipinski definition) is 7. The molecule has 0 saturated heterocycles. The van der Waals surface area contributed by atoms with Gasteiger partial charge in [-0.1, -0.05) is 17.7 Å². The van der Waals surface area contributed by atoms with E-state index in [1.54, 1.807) is 30.1 Å². The fraction of sp³-hybridized carbons (Fsp3) is 0.0500. The first-order valence-corrected chi connectivity index (χ1v) is 10.8. The molecule has 4 aromatic heterocycles. The smallest absolute Gasteiger partial charge is 0.202 e. The molecular weight excluding hydrogens is 424 g/mol. The van der Waals surface area contributed by atoms with Crippen molar-refractivity contribution < 1.29 is 0 Å². The zero-order chi connectivity index (χ0) is 19.8. The maximum atomic E-state index is 6.41. The maximum Gasteiger partial charge on any atom is 0.202 e. The molecule has 5 aromatic rings. The van der Waals surface area contributed by atoms with Crippen LogP contribution in [0.5, 0.6) is 0 Å². The van der Waals surface area contributed by atoms with Crippen molar-refractivity contribution in [1.82, 2.24) is 29.7 Å². The van der Waals surface area contributed by atoms with Crippen LogP contribution in [0.15, 0.2) is 70.7 Å². The van der Waals surface area contributed by atoms with Gasteiger partial charge in [-0.05, 0) is 60.0 Å². The van der Waals surface area contributed by atoms with Gasteiger partial charge in [-0.2, -0.15) is 0 Å². The van der Waals surface area contributed by atoms with E-state index in [0.717, 1.165) is 37.9 Å². The molecule has 0 amide bonds. The molecule has 6 nitrogen and oxygen atoms in total. The summed E-state index contributed by atoms with van der Waals surface area (Å²) in [6, 6.07) is 11.7. The average Bonchev–Trinajstić information content (AvgIpc) is 3.39. The molecule has 0 bridgehead atoms. The first-order chi connectivity index (χ1) is 14.2. The molecule has 4 heterocycles. The fourth-order valence-corrected chi connectivity index (χ4v) is 4.89. The lowest BCUT2D eigenvalue weighted by atomic mass is 10.2. The van der Waals surface area contributed by atoms with Crippen LogP contribution in [0.1, 0.15) is 5.56 Å². The fourth-order valence-electron chi connectivity index (χ4n) is 3.01. The molecule has 0 aliphatic carbocycles. The lowest BCUT2D eigenvalue weighted by Crippen LogP contribution is -2.02. The molecule has 0 spiro atoms. The zero-order valence-corrected chi connectivity index (χ0v) is 17.5. The van der Waals surface area contributed by atoms with Gasteiger partial charge in [0.1, 0.15) is 16.2 Å². The molecule has 0 radical (unpaired) electrons. The number of nitrogens with zero attached hydrogens (tertiary/aromatic N) is 6. The van der Waals surface area contributed by atoms with Crippen molar-refractivity contribution in [1.29, 1.82) is 0 Å². The van der Waals surface area contributed by atoms with Gasteiger partial charge in [-0.15, -0.1) is 21.5 Å². The van der Waals surface area contributed by atoms with Crippen molar-refractivity contribution in [2.75, 3.05) is 0 Å². The number of aromatic nitrogens is 6. The second kappa shape index (κ2) is 7.55. The van der Waals surface area contributed by atoms with Crippen molar-refractivity contribution >= 4 is 44.9 Å². The van der Waals surface area contributed by atoms with Crippen LogP contribution >= 0.6 is 34.7 Å². The van der Waals surface area contributed by atoms with E-state index in [1.807, 2.05) is 53.3 Å². The van der Waals surface area contributed by atoms with Crippen molar-refractivity contribution in [3.05, 3.63) is 71.1 Å². The number of thiophene rings is 1. The number of hydrogen-bond donors (Lipinski definition) is 0. The molecule has 0 unspecified atom stereocenters. The van der Waals surface area contributed by atoms with Gasteiger partial charge in [0.25, 0.3) is 0 Å². The number of fused-ring (bicyclic) bond motifs is 1. The predicted molar refractivity (Wildman–Crippen MR) is 116 cm³/mol. The summed E-state index contributed by atoms with van der Waals surface area (Å²) >= 11 is 9.46. The van der Waals surface area contributed by atoms with E-state index in [9.17, 15) is 0 Å². The molecule has 0 atom stereocenters. The average molecular weight is 437 g/mol. The van der Waals surface area contributed by atoms with Crippen LogP contribution < -0.4 is 0 Å². The molecule has 5 rings (SSSR count). The summed E-state index contributed by atoms with van der Waals surface area (Å²) in [5.74, 6) is 0.718. The van der Waals surface area contributed by atoms with Gasteiger partial charge < -0.3 is 0 Å². The highest BCUT2D eigenvalue weighted by Gasteiger charge is 2.20. The Bertz CT molecular complexity index is 1320. The standard InChI is InChI=1S/C20H13ClN6S2/c1-12-15(21)3-2-4-16(12)27-17(13-5-8-22-9-6-13)25-26-20(27)29-19-14-7-10-28-18(14)23-11-24-19/h2-11H,1H3. The van der Waals surface area contributed by atoms with Crippen LogP contribution in [0.4, 0.5) is 0 Å². The molecule has 1 aromatic carbocycles. The summed E-state index contributed by atoms with van der Waals surface area (Å²) in [5.41, 5.74) is 2.80. The van der Waals surface area contributed by atoms with Crippen molar-refractivity contribution in [2.45, 2.75) is 17.1 Å². The zero-order valence-electron chi connectivity index (χ0n) is 15.2. The Balaban J connectivity index is 1.71. The van der Waals surface area contributed by atoms with Gasteiger partial charge >= 0.3 is 0 Å². The van der Waals surface area contributed by atoms with E-state index < -0.39 is 0 Å². The minimum atomic E-state index is 0.690. The van der Waals surface area contributed by atoms with E-state index in [0.29, 0.717) is 10.2 Å². The molecule has 29 heavy (non-hydrogen) atoms. The van der Waals surface area contributed by atoms with E-state index in [-0.39, 0.29) is 0 Å². The van der Waals surface area contributed by atoms with Gasteiger partial charge in [-0.3, -0.25) is 9.55 Å². The van der Waals surface area contributed by atoms with E-state index in [1.165, 1.54) is 11.8 Å². The highest BCUT2D eigenvalue weighted by molar-refractivity contribution is 7.99. The molecule has 0 aliphatic heterocycles. The van der Waals surface area contributed by atoms with Crippen LogP contribution in [0.3, 0.4) is 0 Å². The third kappa shape index (κ3) is 3.29. The first kappa shape index (κ1) is 18.2. The van der Waals surface area contributed by atoms with Gasteiger partial charge in [0.05, 0.1) is 5.69 Å². The van der Waals surface area contributed by atoms with Crippen LogP contribution in [0.2, 0.25) is 5.02 Å². The second-order valence-electron chi connectivity index (χ2n) is 6.18. The molecule has 0 saturated carbocycles. The Morgan fingerprint density at radius 2 is 1.90 bits per heavy atom. The number of benzene rings is 1. The van der Waals surface area contributed by atoms with Crippen molar-refractivity contribution in [3.63, 3.8) is 0 Å². The Morgan fingerprint density at radius 1 is 1.03 bits per heavy atom. The second-order valence-corrected chi connectivity index (χ2v) is 8.44. The SMILES string of the molecule is Cc1c(Cl)cccc1-n1c(Sc2ncnc3sccc23)nnc1-c1ccncc1. The lowest BCUT2D eigenvalue weighted by molar-refractivity contribution is 0.878. The molecular formula is C20H13ClN6S2. The summed E-state index contributed by atoms with van der Waals surface area (Å²) < 4.78 is 2.02. The van der Waals surface area contributed by atoms with E-state index >= 15 is 0 Å². The largest absolute Gasteiger partial charge is 0.269 e. The third-order valence-corrected chi connectivity index (χ3v) is 6.66. The van der Waals surface area contributed by atoms with Crippen LogP contribution in [0, 0.1) is 6.92 Å². The van der Waals surface area contributed by atoms with Crippen LogP contribution in [0.25, 0.3) is 27.3 Å².